The lowest BCUT2D eigenvalue weighted by Gasteiger charge is -2.10. The van der Waals surface area contributed by atoms with Gasteiger partial charge in [-0.15, -0.1) is 0 Å². The van der Waals surface area contributed by atoms with Crippen LogP contribution in [-0.2, 0) is 10.1 Å². The summed E-state index contributed by atoms with van der Waals surface area (Å²) >= 11 is 5.94. The van der Waals surface area contributed by atoms with Gasteiger partial charge in [-0.2, -0.15) is 8.42 Å². The number of nitrogens with zero attached hydrogens (tertiary/aromatic N) is 1. The van der Waals surface area contributed by atoms with Gasteiger partial charge < -0.3 is 4.18 Å². The molecule has 6 heteroatoms. The Morgan fingerprint density at radius 1 is 1.00 bits per heavy atom. The third-order valence-electron chi connectivity index (χ3n) is 3.13. The topological polar surface area (TPSA) is 56.3 Å². The van der Waals surface area contributed by atoms with E-state index in [0.29, 0.717) is 5.52 Å². The Hall–Kier alpha value is -2.11. The van der Waals surface area contributed by atoms with E-state index < -0.39 is 10.1 Å². The summed E-state index contributed by atoms with van der Waals surface area (Å²) < 4.78 is 30.1. The lowest BCUT2D eigenvalue weighted by atomic mass is 10.2. The molecule has 0 fully saturated rings. The average Bonchev–Trinajstić information content (AvgIpc) is 2.48. The normalized spacial score (nSPS) is 11.5. The summed E-state index contributed by atoms with van der Waals surface area (Å²) in [7, 11) is -4.02. The highest BCUT2D eigenvalue weighted by molar-refractivity contribution is 7.87. The number of fused-ring (bicyclic) bond motifs is 1. The molecule has 0 atom stereocenters. The average molecular weight is 334 g/mol. The Labute approximate surface area is 133 Å². The largest absolute Gasteiger partial charge is 0.377 e. The molecule has 3 aromatic rings. The molecule has 0 N–H and O–H groups in total. The maximum atomic E-state index is 12.4. The van der Waals surface area contributed by atoms with Crippen molar-refractivity contribution >= 4 is 32.6 Å². The Morgan fingerprint density at radius 2 is 1.77 bits per heavy atom. The van der Waals surface area contributed by atoms with Gasteiger partial charge in [-0.1, -0.05) is 41.9 Å². The molecule has 0 aliphatic heterocycles. The molecule has 22 heavy (non-hydrogen) atoms. The molecule has 3 rings (SSSR count). The molecule has 0 bridgehead atoms. The number of para-hydroxylation sites is 1. The second kappa shape index (κ2) is 5.59. The minimum Gasteiger partial charge on any atom is -0.377 e. The van der Waals surface area contributed by atoms with E-state index >= 15 is 0 Å². The van der Waals surface area contributed by atoms with E-state index in [-0.39, 0.29) is 15.7 Å². The van der Waals surface area contributed by atoms with Crippen molar-refractivity contribution in [3.8, 4) is 5.75 Å². The smallest absolute Gasteiger partial charge is 0.340 e. The second-order valence-corrected chi connectivity index (χ2v) is 6.67. The number of aryl methyl sites for hydroxylation is 1. The monoisotopic (exact) mass is 333 g/mol. The molecule has 0 aliphatic carbocycles. The van der Waals surface area contributed by atoms with Gasteiger partial charge in [0, 0.05) is 11.1 Å². The number of hydrogen-bond acceptors (Lipinski definition) is 4. The highest BCUT2D eigenvalue weighted by Crippen LogP contribution is 2.29. The van der Waals surface area contributed by atoms with E-state index in [4.69, 9.17) is 15.8 Å². The fourth-order valence-electron chi connectivity index (χ4n) is 2.10. The van der Waals surface area contributed by atoms with Crippen molar-refractivity contribution in [1.82, 2.24) is 4.98 Å². The minimum atomic E-state index is -4.02. The Balaban J connectivity index is 2.10. The summed E-state index contributed by atoms with van der Waals surface area (Å²) in [5.74, 6) is 0.182. The molecule has 112 valence electrons. The summed E-state index contributed by atoms with van der Waals surface area (Å²) in [6, 6.07) is 15.0. The van der Waals surface area contributed by atoms with Crippen LogP contribution < -0.4 is 4.18 Å². The van der Waals surface area contributed by atoms with Gasteiger partial charge >= 0.3 is 10.1 Å². The molecule has 0 unspecified atom stereocenters. The van der Waals surface area contributed by atoms with Gasteiger partial charge in [-0.25, -0.2) is 4.98 Å². The Kier molecular flexibility index (Phi) is 3.76. The van der Waals surface area contributed by atoms with E-state index in [1.54, 1.807) is 24.3 Å². The molecule has 0 radical (unpaired) electrons. The lowest BCUT2D eigenvalue weighted by molar-refractivity contribution is 0.488. The van der Waals surface area contributed by atoms with Gasteiger partial charge in [-0.05, 0) is 31.2 Å². The third-order valence-corrected chi connectivity index (χ3v) is 4.86. The number of halogens is 1. The Morgan fingerprint density at radius 3 is 2.55 bits per heavy atom. The first kappa shape index (κ1) is 14.8. The van der Waals surface area contributed by atoms with Crippen LogP contribution >= 0.6 is 11.6 Å². The highest BCUT2D eigenvalue weighted by Gasteiger charge is 2.21. The zero-order valence-corrected chi connectivity index (χ0v) is 13.2. The number of benzene rings is 2. The van der Waals surface area contributed by atoms with E-state index in [1.165, 1.54) is 12.1 Å². The fraction of sp³-hybridized carbons (Fsp3) is 0.0625. The van der Waals surface area contributed by atoms with Crippen LogP contribution in [-0.4, -0.2) is 13.4 Å². The number of aromatic nitrogens is 1. The molecule has 0 saturated carbocycles. The first-order valence-corrected chi connectivity index (χ1v) is 8.31. The molecule has 0 aliphatic rings. The highest BCUT2D eigenvalue weighted by atomic mass is 35.5. The Bertz CT molecular complexity index is 955. The molecular formula is C16H12ClNO3S. The first-order chi connectivity index (χ1) is 10.5. The molecule has 0 saturated heterocycles. The lowest BCUT2D eigenvalue weighted by Crippen LogP contribution is -2.10. The third kappa shape index (κ3) is 2.77. The van der Waals surface area contributed by atoms with Crippen LogP contribution in [0.3, 0.4) is 0 Å². The van der Waals surface area contributed by atoms with E-state index in [1.807, 2.05) is 25.1 Å². The predicted octanol–water partition coefficient (Wildman–Crippen LogP) is 3.96. The second-order valence-electron chi connectivity index (χ2n) is 4.75. The maximum absolute atomic E-state index is 12.4. The zero-order chi connectivity index (χ0) is 15.7. The molecule has 1 heterocycles. The number of pyridine rings is 1. The van der Waals surface area contributed by atoms with Gasteiger partial charge in [0.25, 0.3) is 0 Å². The number of rotatable bonds is 3. The SMILES string of the molecule is Cc1ccc2cccc(OS(=O)(=O)c3ccccc3Cl)c2n1. The summed E-state index contributed by atoms with van der Waals surface area (Å²) in [5, 5.41) is 0.921. The van der Waals surface area contributed by atoms with Crippen LogP contribution in [0.25, 0.3) is 10.9 Å². The van der Waals surface area contributed by atoms with Gasteiger partial charge in [0.2, 0.25) is 0 Å². The molecule has 0 amide bonds. The summed E-state index contributed by atoms with van der Waals surface area (Å²) in [5.41, 5.74) is 1.27. The number of hydrogen-bond donors (Lipinski definition) is 0. The first-order valence-electron chi connectivity index (χ1n) is 6.53. The quantitative estimate of drug-likeness (QED) is 0.681. The van der Waals surface area contributed by atoms with Crippen molar-refractivity contribution in [2.75, 3.05) is 0 Å². The van der Waals surface area contributed by atoms with Gasteiger partial charge in [0.05, 0.1) is 5.02 Å². The van der Waals surface area contributed by atoms with Gasteiger partial charge in [0.15, 0.2) is 5.75 Å². The van der Waals surface area contributed by atoms with Crippen molar-refractivity contribution < 1.29 is 12.6 Å². The molecule has 1 aromatic heterocycles. The van der Waals surface area contributed by atoms with Crippen molar-refractivity contribution in [2.45, 2.75) is 11.8 Å². The van der Waals surface area contributed by atoms with E-state index in [0.717, 1.165) is 11.1 Å². The minimum absolute atomic E-state index is 0.0682. The maximum Gasteiger partial charge on any atom is 0.340 e. The molecular weight excluding hydrogens is 322 g/mol. The van der Waals surface area contributed by atoms with Crippen molar-refractivity contribution in [3.63, 3.8) is 0 Å². The van der Waals surface area contributed by atoms with E-state index in [9.17, 15) is 8.42 Å². The van der Waals surface area contributed by atoms with Crippen LogP contribution in [0.4, 0.5) is 0 Å². The van der Waals surface area contributed by atoms with Gasteiger partial charge in [-0.3, -0.25) is 0 Å². The van der Waals surface area contributed by atoms with Crippen molar-refractivity contribution in [2.24, 2.45) is 0 Å². The van der Waals surface area contributed by atoms with Crippen LogP contribution in [0.2, 0.25) is 5.02 Å². The summed E-state index contributed by atoms with van der Waals surface area (Å²) in [4.78, 5) is 4.29. The molecule has 2 aromatic carbocycles. The summed E-state index contributed by atoms with van der Waals surface area (Å²) in [6.07, 6.45) is 0. The van der Waals surface area contributed by atoms with Crippen LogP contribution in [0.5, 0.6) is 5.75 Å². The van der Waals surface area contributed by atoms with Gasteiger partial charge in [0.1, 0.15) is 10.4 Å². The van der Waals surface area contributed by atoms with Crippen molar-refractivity contribution in [3.05, 3.63) is 65.3 Å². The predicted molar refractivity (Wildman–Crippen MR) is 85.7 cm³/mol. The van der Waals surface area contributed by atoms with Crippen LogP contribution in [0, 0.1) is 6.92 Å². The molecule has 0 spiro atoms. The van der Waals surface area contributed by atoms with Crippen LogP contribution in [0.1, 0.15) is 5.69 Å². The zero-order valence-electron chi connectivity index (χ0n) is 11.7. The summed E-state index contributed by atoms with van der Waals surface area (Å²) in [6.45, 7) is 1.83. The standard InChI is InChI=1S/C16H12ClNO3S/c1-11-9-10-12-5-4-7-14(16(12)18-11)21-22(19,20)15-8-3-2-6-13(15)17/h2-10H,1H3. The van der Waals surface area contributed by atoms with Crippen molar-refractivity contribution in [1.29, 1.82) is 0 Å². The fourth-order valence-corrected chi connectivity index (χ4v) is 3.53. The van der Waals surface area contributed by atoms with E-state index in [2.05, 4.69) is 4.98 Å². The molecule has 4 nitrogen and oxygen atoms in total. The van der Waals surface area contributed by atoms with Crippen LogP contribution in [0.15, 0.2) is 59.5 Å².